The van der Waals surface area contributed by atoms with Gasteiger partial charge < -0.3 is 22.1 Å². The zero-order valence-electron chi connectivity index (χ0n) is 21.7. The van der Waals surface area contributed by atoms with Crippen LogP contribution in [0.25, 0.3) is 11.5 Å². The number of amides is 2. The van der Waals surface area contributed by atoms with Crippen molar-refractivity contribution < 1.29 is 68.7 Å². The Bertz CT molecular complexity index is 722. The molecule has 2 atom stereocenters. The summed E-state index contributed by atoms with van der Waals surface area (Å²) < 4.78 is 0. The first-order valence-electron chi connectivity index (χ1n) is 11.2. The topological polar surface area (TPSA) is 106 Å². The molecule has 0 fully saturated rings. The second kappa shape index (κ2) is 20.5. The molecule has 0 saturated heterocycles. The zero-order valence-corrected chi connectivity index (χ0v) is 25.7. The van der Waals surface area contributed by atoms with Gasteiger partial charge in [0.25, 0.3) is 0 Å². The summed E-state index contributed by atoms with van der Waals surface area (Å²) in [6.07, 6.45) is 1.22. The van der Waals surface area contributed by atoms with Crippen LogP contribution in [-0.4, -0.2) is 23.9 Å². The Morgan fingerprint density at radius 2 is 0.941 bits per heavy atom. The van der Waals surface area contributed by atoms with Gasteiger partial charge in [-0.3, -0.25) is 9.59 Å². The van der Waals surface area contributed by atoms with Gasteiger partial charge in [0.15, 0.2) is 0 Å². The van der Waals surface area contributed by atoms with Crippen LogP contribution in [0.5, 0.6) is 0 Å². The number of nitrogens with one attached hydrogen (secondary N) is 4. The Hall–Kier alpha value is -0.700. The van der Waals surface area contributed by atoms with Crippen molar-refractivity contribution in [2.75, 3.05) is 0 Å². The van der Waals surface area contributed by atoms with Gasteiger partial charge in [-0.1, -0.05) is 113 Å². The van der Waals surface area contributed by atoms with Crippen LogP contribution in [0.3, 0.4) is 0 Å². The molecule has 8 heteroatoms. The zero-order chi connectivity index (χ0) is 23.9. The molecular formula is C26H38N4Na2O2. The third kappa shape index (κ3) is 16.8. The van der Waals surface area contributed by atoms with Gasteiger partial charge in [-0.15, -0.1) is 0 Å². The first kappa shape index (κ1) is 35.5. The molecule has 0 bridgehead atoms. The summed E-state index contributed by atoms with van der Waals surface area (Å²) >= 11 is 0. The van der Waals surface area contributed by atoms with Crippen LogP contribution in [0, 0.1) is 11.8 Å². The van der Waals surface area contributed by atoms with E-state index in [1.165, 1.54) is 0 Å². The van der Waals surface area contributed by atoms with E-state index in [0.29, 0.717) is 37.8 Å². The van der Waals surface area contributed by atoms with Gasteiger partial charge in [-0.25, -0.2) is 0 Å². The van der Waals surface area contributed by atoms with E-state index in [1.807, 2.05) is 88.4 Å². The van der Waals surface area contributed by atoms with Gasteiger partial charge >= 0.3 is 59.1 Å². The average molecular weight is 485 g/mol. The fourth-order valence-electron chi connectivity index (χ4n) is 2.97. The number of hydrogen-bond acceptors (Lipinski definition) is 2. The van der Waals surface area contributed by atoms with Gasteiger partial charge in [-0.2, -0.15) is 0 Å². The molecule has 0 aliphatic heterocycles. The smallest absolute Gasteiger partial charge is 0.667 e. The van der Waals surface area contributed by atoms with Crippen LogP contribution in [0.4, 0.5) is 0 Å². The summed E-state index contributed by atoms with van der Waals surface area (Å²) in [5.41, 5.74) is 17.4. The van der Waals surface area contributed by atoms with E-state index in [1.54, 1.807) is 0 Å². The fourth-order valence-corrected chi connectivity index (χ4v) is 2.97. The SMILES string of the molecule is CC(C)CC([NH-])C(=O)NCc1ccccc1.CC(C)CC([NH-])C(=O)NCc1ccccc1.[Na+].[Na+]. The minimum atomic E-state index is -0.649. The third-order valence-electron chi connectivity index (χ3n) is 4.67. The first-order chi connectivity index (χ1) is 15.2. The summed E-state index contributed by atoms with van der Waals surface area (Å²) in [6.45, 7) is 9.09. The Kier molecular flexibility index (Phi) is 21.4. The summed E-state index contributed by atoms with van der Waals surface area (Å²) in [4.78, 5) is 23.1. The van der Waals surface area contributed by atoms with E-state index >= 15 is 0 Å². The quantitative estimate of drug-likeness (QED) is 0.446. The summed E-state index contributed by atoms with van der Waals surface area (Å²) in [7, 11) is 0. The molecule has 176 valence electrons. The molecule has 0 heterocycles. The molecule has 2 aromatic carbocycles. The first-order valence-corrected chi connectivity index (χ1v) is 11.2. The van der Waals surface area contributed by atoms with Gasteiger partial charge in [0, 0.05) is 13.1 Å². The Morgan fingerprint density at radius 3 is 1.21 bits per heavy atom. The summed E-state index contributed by atoms with van der Waals surface area (Å²) in [5.74, 6) is 0.394. The number of rotatable bonds is 10. The minimum absolute atomic E-state index is 0. The van der Waals surface area contributed by atoms with Crippen LogP contribution in [-0.2, 0) is 22.7 Å². The second-order valence-electron chi connectivity index (χ2n) is 8.77. The summed E-state index contributed by atoms with van der Waals surface area (Å²) in [6, 6.07) is 18.2. The molecule has 0 aliphatic carbocycles. The standard InChI is InChI=1S/2C13H19N2O.2Na/c2*1-10(2)8-12(14)13(16)15-9-11-6-4-3-5-7-11;;/h2*3-7,10,12,14H,8-9H2,1-2H3,(H,15,16);;/q2*-1;2*+1. The van der Waals surface area contributed by atoms with E-state index in [4.69, 9.17) is 11.5 Å². The Balaban J connectivity index is 0. The van der Waals surface area contributed by atoms with Crippen molar-refractivity contribution in [3.05, 3.63) is 83.3 Å². The fraction of sp³-hybridized carbons (Fsp3) is 0.462. The van der Waals surface area contributed by atoms with E-state index in [9.17, 15) is 9.59 Å². The molecule has 6 nitrogen and oxygen atoms in total. The number of hydrogen-bond donors (Lipinski definition) is 2. The van der Waals surface area contributed by atoms with Crippen molar-refractivity contribution in [3.8, 4) is 0 Å². The normalized spacial score (nSPS) is 11.8. The van der Waals surface area contributed by atoms with Crippen LogP contribution >= 0.6 is 0 Å². The van der Waals surface area contributed by atoms with Crippen molar-refractivity contribution >= 4 is 11.8 Å². The van der Waals surface area contributed by atoms with E-state index < -0.39 is 12.1 Å². The van der Waals surface area contributed by atoms with E-state index in [2.05, 4.69) is 10.6 Å². The van der Waals surface area contributed by atoms with Crippen LogP contribution in [0.15, 0.2) is 60.7 Å². The molecule has 2 rings (SSSR count). The maximum Gasteiger partial charge on any atom is 1.00 e. The molecule has 2 aromatic rings. The van der Waals surface area contributed by atoms with Crippen molar-refractivity contribution in [1.29, 1.82) is 0 Å². The van der Waals surface area contributed by atoms with E-state index in [-0.39, 0.29) is 70.9 Å². The molecule has 0 spiro atoms. The second-order valence-corrected chi connectivity index (χ2v) is 8.77. The molecule has 4 N–H and O–H groups in total. The van der Waals surface area contributed by atoms with Gasteiger partial charge in [-0.05, 0) is 23.0 Å². The number of carbonyl (C=O) groups excluding carboxylic acids is 2. The van der Waals surface area contributed by atoms with Crippen molar-refractivity contribution in [1.82, 2.24) is 10.6 Å². The van der Waals surface area contributed by atoms with Gasteiger partial charge in [0.2, 0.25) is 11.8 Å². The minimum Gasteiger partial charge on any atom is -0.667 e. The molecule has 0 aromatic heterocycles. The predicted molar refractivity (Wildman–Crippen MR) is 132 cm³/mol. The molecular weight excluding hydrogens is 446 g/mol. The maximum atomic E-state index is 11.6. The van der Waals surface area contributed by atoms with Gasteiger partial charge in [0.05, 0.1) is 0 Å². The predicted octanol–water partition coefficient (Wildman–Crippen LogP) is -0.453. The van der Waals surface area contributed by atoms with Crippen molar-refractivity contribution in [2.24, 2.45) is 11.8 Å². The largest absolute Gasteiger partial charge is 1.00 e. The van der Waals surface area contributed by atoms with Crippen LogP contribution in [0.1, 0.15) is 51.7 Å². The average Bonchev–Trinajstić information content (AvgIpc) is 2.76. The van der Waals surface area contributed by atoms with Crippen LogP contribution < -0.4 is 69.7 Å². The van der Waals surface area contributed by atoms with Crippen molar-refractivity contribution in [2.45, 2.75) is 65.7 Å². The Labute approximate surface area is 250 Å². The number of carbonyl (C=O) groups is 2. The molecule has 34 heavy (non-hydrogen) atoms. The van der Waals surface area contributed by atoms with Gasteiger partial charge in [0.1, 0.15) is 0 Å². The monoisotopic (exact) mass is 484 g/mol. The molecule has 0 saturated carbocycles. The Morgan fingerprint density at radius 1 is 0.647 bits per heavy atom. The van der Waals surface area contributed by atoms with Crippen molar-refractivity contribution in [3.63, 3.8) is 0 Å². The molecule has 0 aliphatic rings. The summed E-state index contributed by atoms with van der Waals surface area (Å²) in [5, 5.41) is 5.56. The molecule has 2 unspecified atom stereocenters. The third-order valence-corrected chi connectivity index (χ3v) is 4.67. The van der Waals surface area contributed by atoms with Crippen LogP contribution in [0.2, 0.25) is 0 Å². The maximum absolute atomic E-state index is 11.6. The molecule has 2 amide bonds. The van der Waals surface area contributed by atoms with E-state index in [0.717, 1.165) is 11.1 Å². The number of benzene rings is 2. The molecule has 0 radical (unpaired) electrons.